The third kappa shape index (κ3) is 3.87. The van der Waals surface area contributed by atoms with Gasteiger partial charge in [-0.2, -0.15) is 8.42 Å². The van der Waals surface area contributed by atoms with E-state index in [1.54, 1.807) is 0 Å². The minimum absolute atomic E-state index is 0.143. The molecule has 0 aromatic carbocycles. The molecule has 1 rings (SSSR count). The Morgan fingerprint density at radius 3 is 2.23 bits per heavy atom. The Balaban J connectivity index is 2.47. The molecule has 0 heterocycles. The van der Waals surface area contributed by atoms with E-state index in [-0.39, 0.29) is 11.7 Å². The number of hydrogen-bond acceptors (Lipinski definition) is 3. The summed E-state index contributed by atoms with van der Waals surface area (Å²) in [6, 6.07) is 0. The van der Waals surface area contributed by atoms with Gasteiger partial charge in [0.2, 0.25) is 0 Å². The van der Waals surface area contributed by atoms with Gasteiger partial charge in [-0.05, 0) is 12.8 Å². The predicted octanol–water partition coefficient (Wildman–Crippen LogP) is 1.02. The standard InChI is InChI=1S/C8H14O4S/c9-8(6-13(10,11)12)7-4-2-1-3-5-7/h7H,1-6H2,(H,10,11,12). The highest BCUT2D eigenvalue weighted by molar-refractivity contribution is 7.86. The van der Waals surface area contributed by atoms with Crippen molar-refractivity contribution < 1.29 is 17.8 Å². The lowest BCUT2D eigenvalue weighted by Gasteiger charge is -2.19. The topological polar surface area (TPSA) is 71.4 Å². The van der Waals surface area contributed by atoms with Crippen LogP contribution in [0, 0.1) is 5.92 Å². The molecule has 1 aliphatic rings. The first-order chi connectivity index (χ1) is 5.99. The zero-order valence-corrected chi connectivity index (χ0v) is 8.22. The van der Waals surface area contributed by atoms with Gasteiger partial charge in [0.15, 0.2) is 5.78 Å². The largest absolute Gasteiger partial charge is 0.298 e. The maximum absolute atomic E-state index is 11.3. The number of rotatable bonds is 3. The molecule has 1 saturated carbocycles. The molecule has 0 atom stereocenters. The van der Waals surface area contributed by atoms with Crippen LogP contribution in [0.3, 0.4) is 0 Å². The van der Waals surface area contributed by atoms with Crippen LogP contribution in [0.25, 0.3) is 0 Å². The zero-order chi connectivity index (χ0) is 9.90. The van der Waals surface area contributed by atoms with Crippen LogP contribution in [0.1, 0.15) is 32.1 Å². The first kappa shape index (κ1) is 10.7. The summed E-state index contributed by atoms with van der Waals surface area (Å²) in [6.07, 6.45) is 4.64. The first-order valence-corrected chi connectivity index (χ1v) is 6.08. The molecule has 1 N–H and O–H groups in total. The van der Waals surface area contributed by atoms with E-state index >= 15 is 0 Å². The molecule has 0 unspecified atom stereocenters. The summed E-state index contributed by atoms with van der Waals surface area (Å²) in [4.78, 5) is 11.3. The molecule has 0 radical (unpaired) electrons. The average Bonchev–Trinajstić information content (AvgIpc) is 2.03. The average molecular weight is 206 g/mol. The van der Waals surface area contributed by atoms with Crippen LogP contribution >= 0.6 is 0 Å². The summed E-state index contributed by atoms with van der Waals surface area (Å²) in [5.74, 6) is -1.18. The van der Waals surface area contributed by atoms with E-state index in [1.165, 1.54) is 0 Å². The molecule has 0 bridgehead atoms. The lowest BCUT2D eigenvalue weighted by Crippen LogP contribution is -2.25. The molecular formula is C8H14O4S. The van der Waals surface area contributed by atoms with E-state index in [1.807, 2.05) is 0 Å². The Morgan fingerprint density at radius 2 is 1.77 bits per heavy atom. The Labute approximate surface area is 78.1 Å². The second-order valence-electron chi connectivity index (χ2n) is 3.53. The fourth-order valence-electron chi connectivity index (χ4n) is 1.72. The van der Waals surface area contributed by atoms with Crippen LogP contribution in [-0.4, -0.2) is 24.5 Å². The van der Waals surface area contributed by atoms with E-state index in [2.05, 4.69) is 0 Å². The van der Waals surface area contributed by atoms with Gasteiger partial charge in [0.1, 0.15) is 5.75 Å². The molecule has 13 heavy (non-hydrogen) atoms. The first-order valence-electron chi connectivity index (χ1n) is 4.47. The van der Waals surface area contributed by atoms with Crippen molar-refractivity contribution >= 4 is 15.9 Å². The van der Waals surface area contributed by atoms with E-state index in [4.69, 9.17) is 4.55 Å². The SMILES string of the molecule is O=C(CS(=O)(=O)O)C1CCCCC1. The minimum Gasteiger partial charge on any atom is -0.298 e. The molecule has 76 valence electrons. The summed E-state index contributed by atoms with van der Waals surface area (Å²) in [7, 11) is -4.12. The van der Waals surface area contributed by atoms with Gasteiger partial charge in [-0.15, -0.1) is 0 Å². The van der Waals surface area contributed by atoms with Crippen LogP contribution in [0.15, 0.2) is 0 Å². The highest BCUT2D eigenvalue weighted by Crippen LogP contribution is 2.24. The predicted molar refractivity (Wildman–Crippen MR) is 48.0 cm³/mol. The van der Waals surface area contributed by atoms with Crippen molar-refractivity contribution in [3.63, 3.8) is 0 Å². The molecular weight excluding hydrogens is 192 g/mol. The van der Waals surface area contributed by atoms with Crippen molar-refractivity contribution in [2.24, 2.45) is 5.92 Å². The van der Waals surface area contributed by atoms with Gasteiger partial charge >= 0.3 is 0 Å². The van der Waals surface area contributed by atoms with Gasteiger partial charge < -0.3 is 0 Å². The molecule has 0 amide bonds. The highest BCUT2D eigenvalue weighted by Gasteiger charge is 2.24. The van der Waals surface area contributed by atoms with Crippen LogP contribution in [0.2, 0.25) is 0 Å². The fraction of sp³-hybridized carbons (Fsp3) is 0.875. The number of carbonyl (C=O) groups excluding carboxylic acids is 1. The number of ketones is 1. The van der Waals surface area contributed by atoms with E-state index in [0.29, 0.717) is 0 Å². The summed E-state index contributed by atoms with van der Waals surface area (Å²) in [6.45, 7) is 0. The van der Waals surface area contributed by atoms with Crippen molar-refractivity contribution in [2.45, 2.75) is 32.1 Å². The number of hydrogen-bond donors (Lipinski definition) is 1. The monoisotopic (exact) mass is 206 g/mol. The van der Waals surface area contributed by atoms with Gasteiger partial charge in [-0.3, -0.25) is 9.35 Å². The Morgan fingerprint density at radius 1 is 1.23 bits per heavy atom. The van der Waals surface area contributed by atoms with Crippen LogP contribution in [0.4, 0.5) is 0 Å². The van der Waals surface area contributed by atoms with Gasteiger partial charge in [0.05, 0.1) is 0 Å². The molecule has 5 heteroatoms. The normalized spacial score (nSPS) is 20.1. The van der Waals surface area contributed by atoms with Crippen LogP contribution in [0.5, 0.6) is 0 Å². The maximum Gasteiger partial charge on any atom is 0.272 e. The van der Waals surface area contributed by atoms with Crippen molar-refractivity contribution in [2.75, 3.05) is 5.75 Å². The molecule has 1 fully saturated rings. The molecule has 1 aliphatic carbocycles. The van der Waals surface area contributed by atoms with E-state index in [9.17, 15) is 13.2 Å². The Bertz CT molecular complexity index is 275. The van der Waals surface area contributed by atoms with Crippen molar-refractivity contribution in [1.29, 1.82) is 0 Å². The van der Waals surface area contributed by atoms with Gasteiger partial charge in [-0.25, -0.2) is 0 Å². The lowest BCUT2D eigenvalue weighted by atomic mass is 9.87. The second kappa shape index (κ2) is 4.19. The summed E-state index contributed by atoms with van der Waals surface area (Å²) >= 11 is 0. The summed E-state index contributed by atoms with van der Waals surface area (Å²) < 4.78 is 29.3. The quantitative estimate of drug-likeness (QED) is 0.700. The maximum atomic E-state index is 11.3. The van der Waals surface area contributed by atoms with Crippen LogP contribution in [-0.2, 0) is 14.9 Å². The summed E-state index contributed by atoms with van der Waals surface area (Å²) in [5.41, 5.74) is 0. The Kier molecular flexibility index (Phi) is 3.44. The molecule has 0 aliphatic heterocycles. The smallest absolute Gasteiger partial charge is 0.272 e. The molecule has 4 nitrogen and oxygen atoms in total. The molecule has 0 saturated heterocycles. The zero-order valence-electron chi connectivity index (χ0n) is 7.40. The molecule has 0 aromatic rings. The van der Waals surface area contributed by atoms with Crippen LogP contribution < -0.4 is 0 Å². The summed E-state index contributed by atoms with van der Waals surface area (Å²) in [5, 5.41) is 0. The lowest BCUT2D eigenvalue weighted by molar-refractivity contribution is -0.121. The Hall–Kier alpha value is -0.420. The molecule has 0 spiro atoms. The molecule has 0 aromatic heterocycles. The fourth-order valence-corrected chi connectivity index (χ4v) is 2.32. The van der Waals surface area contributed by atoms with Crippen molar-refractivity contribution in [3.05, 3.63) is 0 Å². The van der Waals surface area contributed by atoms with Gasteiger partial charge in [0.25, 0.3) is 10.1 Å². The number of Topliss-reactive ketones (excluding diaryl/α,β-unsaturated/α-hetero) is 1. The van der Waals surface area contributed by atoms with E-state index < -0.39 is 15.9 Å². The third-order valence-corrected chi connectivity index (χ3v) is 3.03. The van der Waals surface area contributed by atoms with Gasteiger partial charge in [-0.1, -0.05) is 19.3 Å². The van der Waals surface area contributed by atoms with E-state index in [0.717, 1.165) is 32.1 Å². The minimum atomic E-state index is -4.12. The van der Waals surface area contributed by atoms with Gasteiger partial charge in [0, 0.05) is 5.92 Å². The van der Waals surface area contributed by atoms with Crippen molar-refractivity contribution in [3.8, 4) is 0 Å². The number of carbonyl (C=O) groups is 1. The second-order valence-corrected chi connectivity index (χ2v) is 4.98. The van der Waals surface area contributed by atoms with Crippen molar-refractivity contribution in [1.82, 2.24) is 0 Å². The highest BCUT2D eigenvalue weighted by atomic mass is 32.2. The third-order valence-electron chi connectivity index (χ3n) is 2.39.